The van der Waals surface area contributed by atoms with Crippen LogP contribution in [0.5, 0.6) is 0 Å². The molecule has 0 spiro atoms. The zero-order valence-corrected chi connectivity index (χ0v) is 12.3. The molecule has 0 fully saturated rings. The van der Waals surface area contributed by atoms with Crippen molar-refractivity contribution in [2.24, 2.45) is 7.05 Å². The molecule has 5 heteroatoms. The minimum Gasteiger partial charge on any atom is -0.477 e. The van der Waals surface area contributed by atoms with Crippen molar-refractivity contribution in [3.05, 3.63) is 46.6 Å². The third kappa shape index (κ3) is 2.39. The van der Waals surface area contributed by atoms with Gasteiger partial charge in [-0.25, -0.2) is 4.79 Å². The predicted molar refractivity (Wildman–Crippen MR) is 81.0 cm³/mol. The topological polar surface area (TPSA) is 58.4 Å². The number of aromatic nitrogens is 2. The van der Waals surface area contributed by atoms with Gasteiger partial charge in [0, 0.05) is 20.1 Å². The Kier molecular flexibility index (Phi) is 3.41. The van der Waals surface area contributed by atoms with Crippen molar-refractivity contribution in [2.45, 2.75) is 19.8 Å². The lowest BCUT2D eigenvalue weighted by atomic mass is 10.0. The summed E-state index contributed by atoms with van der Waals surface area (Å²) in [6.45, 7) is 3.38. The molecule has 1 aromatic heterocycles. The summed E-state index contributed by atoms with van der Waals surface area (Å²) in [4.78, 5) is 13.7. The highest BCUT2D eigenvalue weighted by Gasteiger charge is 2.25. The zero-order chi connectivity index (χ0) is 15.0. The molecule has 0 bridgehead atoms. The molecule has 0 saturated carbocycles. The molecule has 0 aliphatic carbocycles. The van der Waals surface area contributed by atoms with E-state index in [0.29, 0.717) is 17.1 Å². The molecule has 0 radical (unpaired) electrons. The normalized spacial score (nSPS) is 14.7. The van der Waals surface area contributed by atoms with Gasteiger partial charge in [0.2, 0.25) is 0 Å². The molecule has 1 aromatic carbocycles. The molecule has 1 N–H and O–H groups in total. The molecule has 2 aromatic rings. The Morgan fingerprint density at radius 3 is 2.29 bits per heavy atom. The van der Waals surface area contributed by atoms with Gasteiger partial charge in [0.1, 0.15) is 11.4 Å². The molecule has 0 saturated heterocycles. The first-order valence-corrected chi connectivity index (χ1v) is 7.16. The monoisotopic (exact) mass is 285 g/mol. The minimum atomic E-state index is -0.905. The van der Waals surface area contributed by atoms with E-state index in [4.69, 9.17) is 0 Å². The molecule has 0 amide bonds. The van der Waals surface area contributed by atoms with Gasteiger partial charge in [0.25, 0.3) is 0 Å². The van der Waals surface area contributed by atoms with E-state index in [1.54, 1.807) is 11.6 Å². The summed E-state index contributed by atoms with van der Waals surface area (Å²) < 4.78 is 1.69. The lowest BCUT2D eigenvalue weighted by molar-refractivity contribution is 0.0696. The predicted octanol–water partition coefficient (Wildman–Crippen LogP) is 2.03. The number of carboxylic acid groups (broad SMARTS) is 1. The summed E-state index contributed by atoms with van der Waals surface area (Å²) >= 11 is 0. The van der Waals surface area contributed by atoms with Crippen LogP contribution in [0.3, 0.4) is 0 Å². The highest BCUT2D eigenvalue weighted by Crippen LogP contribution is 2.26. The van der Waals surface area contributed by atoms with Crippen LogP contribution in [0, 0.1) is 6.92 Å². The highest BCUT2D eigenvalue weighted by atomic mass is 16.4. The number of fused-ring (bicyclic) bond motifs is 1. The molecule has 5 nitrogen and oxygen atoms in total. The molecule has 0 unspecified atom stereocenters. The quantitative estimate of drug-likeness (QED) is 0.917. The number of hydrogen-bond acceptors (Lipinski definition) is 3. The molecule has 1 aliphatic heterocycles. The summed E-state index contributed by atoms with van der Waals surface area (Å²) in [6.07, 6.45) is 1.86. The van der Waals surface area contributed by atoms with E-state index in [9.17, 15) is 9.90 Å². The number of nitrogens with zero attached hydrogens (tertiary/aromatic N) is 3. The van der Waals surface area contributed by atoms with E-state index in [1.165, 1.54) is 11.1 Å². The summed E-state index contributed by atoms with van der Waals surface area (Å²) in [7, 11) is 1.81. The third-order valence-corrected chi connectivity index (χ3v) is 4.13. The van der Waals surface area contributed by atoms with E-state index >= 15 is 0 Å². The van der Waals surface area contributed by atoms with Crippen LogP contribution in [0.1, 0.15) is 27.2 Å². The Morgan fingerprint density at radius 2 is 1.76 bits per heavy atom. The van der Waals surface area contributed by atoms with Crippen LogP contribution in [-0.4, -0.2) is 33.9 Å². The molecular formula is C16H19N3O2. The number of rotatable bonds is 2. The van der Waals surface area contributed by atoms with Crippen LogP contribution in [0.4, 0.5) is 5.82 Å². The fourth-order valence-corrected chi connectivity index (χ4v) is 3.14. The second kappa shape index (κ2) is 5.24. The minimum absolute atomic E-state index is 0.323. The van der Waals surface area contributed by atoms with Crippen LogP contribution in [0.15, 0.2) is 24.3 Å². The van der Waals surface area contributed by atoms with Gasteiger partial charge in [-0.05, 0) is 30.9 Å². The Bertz CT molecular complexity index is 664. The van der Waals surface area contributed by atoms with Crippen LogP contribution < -0.4 is 4.90 Å². The van der Waals surface area contributed by atoms with Gasteiger partial charge in [-0.15, -0.1) is 0 Å². The van der Waals surface area contributed by atoms with Crippen molar-refractivity contribution in [2.75, 3.05) is 18.0 Å². The van der Waals surface area contributed by atoms with E-state index in [2.05, 4.69) is 34.3 Å². The maximum atomic E-state index is 11.5. The van der Waals surface area contributed by atoms with Gasteiger partial charge in [-0.1, -0.05) is 24.3 Å². The van der Waals surface area contributed by atoms with Crippen LogP contribution >= 0.6 is 0 Å². The fraction of sp³-hybridized carbons (Fsp3) is 0.375. The smallest absolute Gasteiger partial charge is 0.341 e. The van der Waals surface area contributed by atoms with Crippen molar-refractivity contribution < 1.29 is 9.90 Å². The third-order valence-electron chi connectivity index (χ3n) is 4.13. The van der Waals surface area contributed by atoms with Crippen LogP contribution in [0.2, 0.25) is 0 Å². The number of hydrogen-bond donors (Lipinski definition) is 1. The average molecular weight is 285 g/mol. The van der Waals surface area contributed by atoms with Gasteiger partial charge in [0.05, 0.1) is 5.69 Å². The van der Waals surface area contributed by atoms with Crippen molar-refractivity contribution in [3.63, 3.8) is 0 Å². The molecular weight excluding hydrogens is 266 g/mol. The number of aromatic carboxylic acids is 1. The van der Waals surface area contributed by atoms with Crippen molar-refractivity contribution in [1.82, 2.24) is 9.78 Å². The van der Waals surface area contributed by atoms with Crippen LogP contribution in [-0.2, 0) is 19.9 Å². The summed E-state index contributed by atoms with van der Waals surface area (Å²) in [6, 6.07) is 8.44. The Labute approximate surface area is 123 Å². The Morgan fingerprint density at radius 1 is 1.19 bits per heavy atom. The number of benzene rings is 1. The first-order chi connectivity index (χ1) is 10.1. The molecule has 3 rings (SSSR count). The molecule has 2 heterocycles. The first kappa shape index (κ1) is 13.7. The number of anilines is 1. The molecule has 110 valence electrons. The summed E-state index contributed by atoms with van der Waals surface area (Å²) in [5, 5.41) is 13.7. The van der Waals surface area contributed by atoms with Gasteiger partial charge < -0.3 is 10.0 Å². The number of carboxylic acids is 1. The molecule has 21 heavy (non-hydrogen) atoms. The number of carbonyl (C=O) groups is 1. The Hall–Kier alpha value is -2.30. The second-order valence-corrected chi connectivity index (χ2v) is 5.47. The fourth-order valence-electron chi connectivity index (χ4n) is 3.14. The van der Waals surface area contributed by atoms with E-state index in [0.717, 1.165) is 25.9 Å². The lowest BCUT2D eigenvalue weighted by Crippen LogP contribution is -2.29. The van der Waals surface area contributed by atoms with Crippen LogP contribution in [0.25, 0.3) is 0 Å². The van der Waals surface area contributed by atoms with E-state index < -0.39 is 5.97 Å². The first-order valence-electron chi connectivity index (χ1n) is 7.16. The second-order valence-electron chi connectivity index (χ2n) is 5.47. The standard InChI is InChI=1S/C16H19N3O2/c1-11-14(16(20)21)15(18(2)17-11)19-9-7-12-5-3-4-6-13(12)8-10-19/h3-6H,7-10H2,1-2H3,(H,20,21). The summed E-state index contributed by atoms with van der Waals surface area (Å²) in [5.41, 5.74) is 3.61. The summed E-state index contributed by atoms with van der Waals surface area (Å²) in [5.74, 6) is -0.190. The van der Waals surface area contributed by atoms with Gasteiger partial charge in [0.15, 0.2) is 0 Å². The van der Waals surface area contributed by atoms with Gasteiger partial charge in [-0.3, -0.25) is 4.68 Å². The maximum Gasteiger partial charge on any atom is 0.341 e. The average Bonchev–Trinajstić information content (AvgIpc) is 2.63. The van der Waals surface area contributed by atoms with E-state index in [-0.39, 0.29) is 0 Å². The molecule has 1 aliphatic rings. The highest BCUT2D eigenvalue weighted by molar-refractivity contribution is 5.94. The zero-order valence-electron chi connectivity index (χ0n) is 12.3. The molecule has 0 atom stereocenters. The van der Waals surface area contributed by atoms with Crippen molar-refractivity contribution in [1.29, 1.82) is 0 Å². The van der Waals surface area contributed by atoms with Gasteiger partial charge >= 0.3 is 5.97 Å². The van der Waals surface area contributed by atoms with Crippen molar-refractivity contribution in [3.8, 4) is 0 Å². The largest absolute Gasteiger partial charge is 0.477 e. The Balaban J connectivity index is 1.95. The lowest BCUT2D eigenvalue weighted by Gasteiger charge is -2.23. The van der Waals surface area contributed by atoms with Gasteiger partial charge in [-0.2, -0.15) is 5.10 Å². The number of aryl methyl sites for hydroxylation is 2. The SMILES string of the molecule is Cc1nn(C)c(N2CCc3ccccc3CC2)c1C(=O)O. The van der Waals surface area contributed by atoms with Crippen molar-refractivity contribution >= 4 is 11.8 Å². The maximum absolute atomic E-state index is 11.5. The van der Waals surface area contributed by atoms with E-state index in [1.807, 2.05) is 7.05 Å².